The van der Waals surface area contributed by atoms with Crippen LogP contribution in [0.5, 0.6) is 0 Å². The number of carbonyl (C=O) groups is 6. The van der Waals surface area contributed by atoms with Crippen LogP contribution in [0.3, 0.4) is 0 Å². The van der Waals surface area contributed by atoms with Gasteiger partial charge in [0.15, 0.2) is 17.3 Å². The van der Waals surface area contributed by atoms with Gasteiger partial charge in [-0.3, -0.25) is 29.0 Å². The largest absolute Gasteiger partial charge is 0.460 e. The third-order valence-electron chi connectivity index (χ3n) is 26.3. The second-order valence-corrected chi connectivity index (χ2v) is 35.7. The summed E-state index contributed by atoms with van der Waals surface area (Å²) >= 11 is 0. The number of nitrogen functional groups attached to an aromatic ring is 2. The van der Waals surface area contributed by atoms with Crippen molar-refractivity contribution in [2.45, 2.75) is 212 Å². The fourth-order valence-electron chi connectivity index (χ4n) is 18.5. The van der Waals surface area contributed by atoms with Crippen LogP contribution in [0.4, 0.5) is 16.5 Å². The van der Waals surface area contributed by atoms with Crippen LogP contribution in [0.25, 0.3) is 33.3 Å². The lowest BCUT2D eigenvalue weighted by molar-refractivity contribution is -0.265. The standard InChI is InChI=1S/C96H141N11O22/c1-62-16-12-11-13-17-63(2)80(117-8)57-75-24-19-68(7)96(116,129-75)90(112)93(113)106-30-15-14-18-76(106)94(114)127-81(58-77(108)64(3)51-67(6)88(111)89(119-10)87(110)66(5)50-62)65(4)52-69-21-25-79(82(54-69)118-9)128-95(115)99-29-39-121-43-44-122-40-36-103-32-34-104(35-33-103)37-41-123-45-47-125-49-48-124-46-42-120-38-28-84(109)105-31-27-71-53-70(20-22-73(71)60-105)59-107-92-85(91(98)100-61-101-92)86(102-107)72-23-26-78-74(55-72)56-83(97)126-78/h11-13,16-17,20,22-23,26,51,53,55-56,61-62,64-66,68-69,75-77,79-82,88-89,108,111,116H,14-15,18-19,21,24-25,27-50,52,54,57-60,97H2,1-10H3,(H,99,115)(H2,98,100,101)/b13-11+,16-12+,63-17+,67-51+/t62-,64-,65-,66-,68-,69+,75+,76+,77-,79-,80+,81+,82-,88-,89+,96-/m1/s1. The van der Waals surface area contributed by atoms with Crippen molar-refractivity contribution in [3.63, 3.8) is 0 Å². The van der Waals surface area contributed by atoms with Crippen molar-refractivity contribution in [2.24, 2.45) is 35.5 Å². The van der Waals surface area contributed by atoms with Gasteiger partial charge >= 0.3 is 12.1 Å². The zero-order valence-electron chi connectivity index (χ0n) is 77.2. The number of allylic oxidation sites excluding steroid dienone is 5. The number of cyclic esters (lactones) is 1. The number of ketones is 2. The first-order valence-corrected chi connectivity index (χ1v) is 46.4. The number of piperidine rings is 1. The molecule has 2 bridgehead atoms. The lowest BCUT2D eigenvalue weighted by Gasteiger charge is -2.43. The molecule has 0 spiro atoms. The van der Waals surface area contributed by atoms with Crippen LogP contribution in [0.1, 0.15) is 149 Å². The number of aliphatic hydroxyl groups is 3. The Labute approximate surface area is 758 Å². The molecule has 129 heavy (non-hydrogen) atoms. The Morgan fingerprint density at radius 1 is 0.698 bits per heavy atom. The minimum atomic E-state index is -2.47. The van der Waals surface area contributed by atoms with Crippen LogP contribution in [0.2, 0.25) is 0 Å². The molecular weight excluding hydrogens is 1660 g/mol. The first kappa shape index (κ1) is 101. The normalized spacial score (nSPS) is 28.3. The highest BCUT2D eigenvalue weighted by Crippen LogP contribution is 2.40. The van der Waals surface area contributed by atoms with Crippen molar-refractivity contribution in [1.82, 2.24) is 44.7 Å². The molecule has 0 unspecified atom stereocenters. The van der Waals surface area contributed by atoms with E-state index in [4.69, 9.17) is 77.8 Å². The van der Waals surface area contributed by atoms with E-state index in [2.05, 4.69) is 43.3 Å². The number of carbonyl (C=O) groups excluding carboxylic acids is 6. The minimum Gasteiger partial charge on any atom is -0.460 e. The van der Waals surface area contributed by atoms with E-state index in [1.54, 1.807) is 47.1 Å². The SMILES string of the molecule is CO[C@H]1C[C@@H]2CC[C@@H](C)[C@@](O)(O2)C(=O)C(=O)N2CCCC[C@H]2C(=O)O[C@H]([C@H](C)C[C@@H]2CC[C@@H](OC(=O)NCCOCCOCCN3CCN(CCOCCOCCOCCOCCC(=O)N4CCc5cc(Cn6nc(-c7ccc8oc(N)cc8c7)c7c(N)ncnc76)ccc5C4)CC3)[C@H](OC)C2)C[C@@H](O)[C@H](C)/C=C(\C)[C@@H](O)[C@@H](OC)C(=O)[C@H](C)C[C@H](C)/C=C/C=C/C=C/1C. The van der Waals surface area contributed by atoms with Gasteiger partial charge in [-0.2, -0.15) is 5.10 Å². The molecule has 4 fully saturated rings. The highest BCUT2D eigenvalue weighted by molar-refractivity contribution is 6.39. The Balaban J connectivity index is 0.524. The Morgan fingerprint density at radius 3 is 2.09 bits per heavy atom. The number of hydrogen-bond donors (Lipinski definition) is 6. The number of aliphatic hydroxyl groups excluding tert-OH is 2. The molecule has 8 N–H and O–H groups in total. The predicted octanol–water partition coefficient (Wildman–Crippen LogP) is 9.16. The molecular formula is C96H141N11O22. The van der Waals surface area contributed by atoms with Gasteiger partial charge < -0.3 is 103 Å². The Bertz CT molecular complexity index is 4570. The fraction of sp³-hybridized carbons (Fsp3) is 0.656. The molecule has 8 heterocycles. The summed E-state index contributed by atoms with van der Waals surface area (Å²) in [5, 5.41) is 45.3. The number of nitrogens with two attached hydrogens (primary N) is 2. The number of benzene rings is 2. The Hall–Kier alpha value is -8.49. The quantitative estimate of drug-likeness (QED) is 0.00966. The van der Waals surface area contributed by atoms with Gasteiger partial charge in [0.1, 0.15) is 53.9 Å². The van der Waals surface area contributed by atoms with Crippen molar-refractivity contribution in [1.29, 1.82) is 0 Å². The summed E-state index contributed by atoms with van der Waals surface area (Å²) < 4.78 is 78.3. The van der Waals surface area contributed by atoms with E-state index < -0.39 is 102 Å². The van der Waals surface area contributed by atoms with E-state index in [1.165, 1.54) is 23.9 Å². The number of piperazine rings is 1. The zero-order chi connectivity index (χ0) is 92.1. The minimum absolute atomic E-state index is 0.00469. The van der Waals surface area contributed by atoms with Gasteiger partial charge in [0.05, 0.1) is 122 Å². The number of hydrogen-bond acceptors (Lipinski definition) is 29. The molecule has 5 aromatic rings. The smallest absolute Gasteiger partial charge is 0.407 e. The van der Waals surface area contributed by atoms with E-state index >= 15 is 0 Å². The van der Waals surface area contributed by atoms with E-state index in [9.17, 15) is 44.1 Å². The molecule has 33 heteroatoms. The summed E-state index contributed by atoms with van der Waals surface area (Å²) in [6.45, 7) is 25.3. The van der Waals surface area contributed by atoms with Crippen LogP contribution < -0.4 is 16.8 Å². The first-order chi connectivity index (χ1) is 62.2. The van der Waals surface area contributed by atoms with Crippen molar-refractivity contribution >= 4 is 69.1 Å². The van der Waals surface area contributed by atoms with Crippen molar-refractivity contribution in [3.05, 3.63) is 113 Å². The molecule has 0 radical (unpaired) electrons. The highest BCUT2D eigenvalue weighted by atomic mass is 16.6. The van der Waals surface area contributed by atoms with Gasteiger partial charge in [-0.15, -0.1) is 0 Å². The monoisotopic (exact) mass is 1800 g/mol. The number of Topliss-reactive ketones (excluding diaryl/α,β-unsaturated/α-hetero) is 2. The topological polar surface area (TPSA) is 408 Å². The Morgan fingerprint density at radius 2 is 1.40 bits per heavy atom. The maximum absolute atomic E-state index is 14.8. The number of anilines is 2. The summed E-state index contributed by atoms with van der Waals surface area (Å²) in [5.74, 6) is -7.12. The second kappa shape index (κ2) is 50.4. The van der Waals surface area contributed by atoms with Crippen LogP contribution in [-0.2, 0) is 100 Å². The van der Waals surface area contributed by atoms with Crippen molar-refractivity contribution < 1.29 is 105 Å². The molecule has 5 aliphatic heterocycles. The fourth-order valence-corrected chi connectivity index (χ4v) is 18.5. The van der Waals surface area contributed by atoms with Crippen LogP contribution >= 0.6 is 0 Å². The number of nitrogens with one attached hydrogen (secondary N) is 1. The number of nitrogens with zero attached hydrogens (tertiary/aromatic N) is 8. The molecule has 1 aliphatic carbocycles. The molecule has 3 aromatic heterocycles. The maximum atomic E-state index is 14.8. The number of aromatic nitrogens is 4. The van der Waals surface area contributed by atoms with E-state index in [-0.39, 0.29) is 62.0 Å². The van der Waals surface area contributed by atoms with Gasteiger partial charge in [-0.25, -0.2) is 24.2 Å². The molecule has 33 nitrogen and oxygen atoms in total. The van der Waals surface area contributed by atoms with Crippen LogP contribution in [0.15, 0.2) is 101 Å². The molecule has 712 valence electrons. The first-order valence-electron chi connectivity index (χ1n) is 46.4. The number of esters is 1. The van der Waals surface area contributed by atoms with E-state index in [1.807, 2.05) is 85.9 Å². The number of amides is 3. The second-order valence-electron chi connectivity index (χ2n) is 35.7. The summed E-state index contributed by atoms with van der Waals surface area (Å²) in [6.07, 6.45) is 11.6. The van der Waals surface area contributed by atoms with Gasteiger partial charge in [0.2, 0.25) is 11.7 Å². The zero-order valence-corrected chi connectivity index (χ0v) is 77.2. The lowest BCUT2D eigenvalue weighted by Crippen LogP contribution is -2.61. The number of alkyl carbamates (subject to hydrolysis) is 1. The van der Waals surface area contributed by atoms with Gasteiger partial charge in [-0.1, -0.05) is 89.3 Å². The number of methoxy groups -OCH3 is 3. The molecule has 6 aliphatic rings. The third-order valence-corrected chi connectivity index (χ3v) is 26.3. The number of ether oxygens (including phenoxy) is 12. The summed E-state index contributed by atoms with van der Waals surface area (Å²) in [5.41, 5.74) is 19.8. The average Bonchev–Trinajstić information content (AvgIpc) is 1.63. The molecule has 16 atom stereocenters. The molecule has 11 rings (SSSR count). The summed E-state index contributed by atoms with van der Waals surface area (Å²) in [7, 11) is 4.54. The summed E-state index contributed by atoms with van der Waals surface area (Å²) in [4.78, 5) is 101. The number of rotatable bonds is 34. The van der Waals surface area contributed by atoms with Crippen LogP contribution in [-0.4, -0.2) is 310 Å². The molecule has 3 saturated heterocycles. The molecule has 3 amide bonds. The summed E-state index contributed by atoms with van der Waals surface area (Å²) in [6, 6.07) is 12.7. The van der Waals surface area contributed by atoms with Crippen molar-refractivity contribution in [3.8, 4) is 11.3 Å². The van der Waals surface area contributed by atoms with E-state index in [0.29, 0.717) is 203 Å². The van der Waals surface area contributed by atoms with Gasteiger partial charge in [0, 0.05) is 134 Å². The van der Waals surface area contributed by atoms with Gasteiger partial charge in [0.25, 0.3) is 11.7 Å². The number of fused-ring (bicyclic) bond motifs is 6. The van der Waals surface area contributed by atoms with Gasteiger partial charge in [-0.05, 0) is 148 Å². The lowest BCUT2D eigenvalue weighted by atomic mass is 9.78. The molecule has 1 saturated carbocycles. The third kappa shape index (κ3) is 28.8. The predicted molar refractivity (Wildman–Crippen MR) is 485 cm³/mol. The van der Waals surface area contributed by atoms with Crippen molar-refractivity contribution in [2.75, 3.05) is 171 Å². The average molecular weight is 1800 g/mol. The van der Waals surface area contributed by atoms with Crippen LogP contribution in [0, 0.1) is 35.5 Å². The maximum Gasteiger partial charge on any atom is 0.407 e. The van der Waals surface area contributed by atoms with E-state index in [0.717, 1.165) is 73.3 Å². The number of furan rings is 1. The Kier molecular flexibility index (Phi) is 39.5. The molecule has 2 aromatic carbocycles. The highest BCUT2D eigenvalue weighted by Gasteiger charge is 2.53.